The quantitative estimate of drug-likeness (QED) is 0.792. The Labute approximate surface area is 100 Å². The van der Waals surface area contributed by atoms with Gasteiger partial charge in [-0.25, -0.2) is 0 Å². The third-order valence-corrected chi connectivity index (χ3v) is 3.53. The van der Waals surface area contributed by atoms with Crippen molar-refractivity contribution in [3.8, 4) is 0 Å². The molecule has 0 aliphatic carbocycles. The second kappa shape index (κ2) is 4.20. The van der Waals surface area contributed by atoms with Gasteiger partial charge in [0, 0.05) is 19.2 Å². The molecule has 17 heavy (non-hydrogen) atoms. The van der Waals surface area contributed by atoms with Crippen molar-refractivity contribution in [3.63, 3.8) is 0 Å². The first kappa shape index (κ1) is 11.6. The van der Waals surface area contributed by atoms with Crippen LogP contribution in [0.15, 0.2) is 24.3 Å². The molecule has 0 fully saturated rings. The summed E-state index contributed by atoms with van der Waals surface area (Å²) in [5, 5.41) is 0. The number of carbonyl (C=O) groups is 2. The summed E-state index contributed by atoms with van der Waals surface area (Å²) in [6.45, 7) is 1.95. The smallest absolute Gasteiger partial charge is 0.227 e. The molecule has 1 aliphatic rings. The number of rotatable bonds is 1. The van der Waals surface area contributed by atoms with Crippen LogP contribution in [0.2, 0.25) is 0 Å². The Morgan fingerprint density at radius 2 is 2.06 bits per heavy atom. The predicted molar refractivity (Wildman–Crippen MR) is 65.6 cm³/mol. The first-order chi connectivity index (χ1) is 8.02. The van der Waals surface area contributed by atoms with Gasteiger partial charge in [-0.05, 0) is 17.5 Å². The van der Waals surface area contributed by atoms with E-state index in [1.54, 1.807) is 11.9 Å². The van der Waals surface area contributed by atoms with Gasteiger partial charge in [-0.2, -0.15) is 0 Å². The molecule has 0 spiro atoms. The molecule has 1 aromatic carbocycles. The lowest BCUT2D eigenvalue weighted by atomic mass is 9.85. The summed E-state index contributed by atoms with van der Waals surface area (Å²) in [5.41, 5.74) is 7.26. The fourth-order valence-electron chi connectivity index (χ4n) is 2.38. The van der Waals surface area contributed by atoms with Gasteiger partial charge >= 0.3 is 0 Å². The molecular weight excluding hydrogens is 216 g/mol. The van der Waals surface area contributed by atoms with Gasteiger partial charge in [-0.3, -0.25) is 9.59 Å². The summed E-state index contributed by atoms with van der Waals surface area (Å²) in [4.78, 5) is 25.0. The van der Waals surface area contributed by atoms with E-state index in [-0.39, 0.29) is 18.2 Å². The van der Waals surface area contributed by atoms with Gasteiger partial charge in [0.2, 0.25) is 11.8 Å². The highest BCUT2D eigenvalue weighted by molar-refractivity contribution is 5.98. The zero-order valence-corrected chi connectivity index (χ0v) is 10.0. The van der Waals surface area contributed by atoms with Gasteiger partial charge in [0.25, 0.3) is 0 Å². The van der Waals surface area contributed by atoms with E-state index in [0.717, 1.165) is 11.3 Å². The molecule has 4 heteroatoms. The van der Waals surface area contributed by atoms with Crippen molar-refractivity contribution < 1.29 is 9.59 Å². The van der Waals surface area contributed by atoms with Crippen molar-refractivity contribution in [2.24, 2.45) is 11.7 Å². The van der Waals surface area contributed by atoms with E-state index < -0.39 is 11.8 Å². The van der Waals surface area contributed by atoms with Crippen molar-refractivity contribution in [1.29, 1.82) is 0 Å². The molecule has 1 aliphatic heterocycles. The number of amides is 2. The van der Waals surface area contributed by atoms with Crippen molar-refractivity contribution in [1.82, 2.24) is 0 Å². The Bertz CT molecular complexity index is 470. The summed E-state index contributed by atoms with van der Waals surface area (Å²) in [5.74, 6) is -0.923. The molecule has 0 aromatic heterocycles. The van der Waals surface area contributed by atoms with Gasteiger partial charge in [0.15, 0.2) is 0 Å². The molecule has 2 amide bonds. The van der Waals surface area contributed by atoms with Crippen LogP contribution in [0.4, 0.5) is 5.69 Å². The van der Waals surface area contributed by atoms with Crippen molar-refractivity contribution >= 4 is 17.5 Å². The third kappa shape index (κ3) is 1.90. The van der Waals surface area contributed by atoms with Gasteiger partial charge in [0.05, 0.1) is 5.92 Å². The first-order valence-electron chi connectivity index (χ1n) is 5.67. The average Bonchev–Trinajstić information content (AvgIpc) is 2.41. The average molecular weight is 232 g/mol. The Kier molecular flexibility index (Phi) is 2.88. The number of anilines is 1. The van der Waals surface area contributed by atoms with E-state index in [1.807, 2.05) is 31.2 Å². The number of carbonyl (C=O) groups excluding carboxylic acids is 2. The highest BCUT2D eigenvalue weighted by Crippen LogP contribution is 2.37. The molecule has 2 unspecified atom stereocenters. The van der Waals surface area contributed by atoms with Crippen LogP contribution in [0.5, 0.6) is 0 Å². The first-order valence-corrected chi connectivity index (χ1v) is 5.67. The Hall–Kier alpha value is -1.84. The lowest BCUT2D eigenvalue weighted by Crippen LogP contribution is -2.31. The fourth-order valence-corrected chi connectivity index (χ4v) is 2.38. The molecule has 1 aromatic rings. The molecule has 0 saturated carbocycles. The van der Waals surface area contributed by atoms with Crippen molar-refractivity contribution in [2.45, 2.75) is 19.3 Å². The predicted octanol–water partition coefficient (Wildman–Crippen LogP) is 1.26. The lowest BCUT2D eigenvalue weighted by molar-refractivity contribution is -0.127. The number of nitrogens with two attached hydrogens (primary N) is 1. The Balaban J connectivity index is 2.54. The van der Waals surface area contributed by atoms with Crippen LogP contribution >= 0.6 is 0 Å². The van der Waals surface area contributed by atoms with E-state index in [9.17, 15) is 9.59 Å². The zero-order chi connectivity index (χ0) is 12.6. The maximum Gasteiger partial charge on any atom is 0.227 e. The molecule has 2 N–H and O–H groups in total. The van der Waals surface area contributed by atoms with Crippen LogP contribution in [0.25, 0.3) is 0 Å². The van der Waals surface area contributed by atoms with E-state index in [2.05, 4.69) is 0 Å². The number of fused-ring (bicyclic) bond motifs is 1. The topological polar surface area (TPSA) is 63.4 Å². The minimum absolute atomic E-state index is 0.0300. The monoisotopic (exact) mass is 232 g/mol. The maximum absolute atomic E-state index is 12.0. The van der Waals surface area contributed by atoms with Gasteiger partial charge in [-0.15, -0.1) is 0 Å². The molecular formula is C13H16N2O2. The number of primary amides is 1. The SMILES string of the molecule is CC1c2ccccc2N(C)C(=O)CC1C(N)=O. The number of para-hydroxylation sites is 1. The summed E-state index contributed by atoms with van der Waals surface area (Å²) in [7, 11) is 1.73. The molecule has 4 nitrogen and oxygen atoms in total. The fraction of sp³-hybridized carbons (Fsp3) is 0.385. The van der Waals surface area contributed by atoms with Crippen LogP contribution in [0.3, 0.4) is 0 Å². The molecule has 90 valence electrons. The molecule has 0 saturated heterocycles. The number of hydrogen-bond acceptors (Lipinski definition) is 2. The van der Waals surface area contributed by atoms with E-state index in [1.165, 1.54) is 0 Å². The molecule has 2 atom stereocenters. The molecule has 0 bridgehead atoms. The largest absolute Gasteiger partial charge is 0.369 e. The van der Waals surface area contributed by atoms with E-state index in [0.29, 0.717) is 0 Å². The van der Waals surface area contributed by atoms with Gasteiger partial charge in [-0.1, -0.05) is 25.1 Å². The normalized spacial score (nSPS) is 24.1. The lowest BCUT2D eigenvalue weighted by Gasteiger charge is -2.19. The summed E-state index contributed by atoms with van der Waals surface area (Å²) in [6, 6.07) is 7.65. The molecule has 0 radical (unpaired) electrons. The minimum atomic E-state index is -0.423. The van der Waals surface area contributed by atoms with Crippen molar-refractivity contribution in [3.05, 3.63) is 29.8 Å². The van der Waals surface area contributed by atoms with Crippen LogP contribution in [-0.4, -0.2) is 18.9 Å². The highest BCUT2D eigenvalue weighted by atomic mass is 16.2. The Morgan fingerprint density at radius 1 is 1.41 bits per heavy atom. The van der Waals surface area contributed by atoms with Crippen LogP contribution in [0, 0.1) is 5.92 Å². The number of benzene rings is 1. The van der Waals surface area contributed by atoms with Crippen LogP contribution in [-0.2, 0) is 9.59 Å². The third-order valence-electron chi connectivity index (χ3n) is 3.53. The summed E-state index contributed by atoms with van der Waals surface area (Å²) in [6.07, 6.45) is 0.182. The van der Waals surface area contributed by atoms with E-state index in [4.69, 9.17) is 5.73 Å². The summed E-state index contributed by atoms with van der Waals surface area (Å²) < 4.78 is 0. The maximum atomic E-state index is 12.0. The second-order valence-electron chi connectivity index (χ2n) is 4.51. The minimum Gasteiger partial charge on any atom is -0.369 e. The zero-order valence-electron chi connectivity index (χ0n) is 10.0. The molecule has 2 rings (SSSR count). The summed E-state index contributed by atoms with van der Waals surface area (Å²) >= 11 is 0. The number of nitrogens with zero attached hydrogens (tertiary/aromatic N) is 1. The van der Waals surface area contributed by atoms with E-state index >= 15 is 0 Å². The molecule has 1 heterocycles. The Morgan fingerprint density at radius 3 is 2.71 bits per heavy atom. The number of hydrogen-bond donors (Lipinski definition) is 1. The van der Waals surface area contributed by atoms with Gasteiger partial charge in [0.1, 0.15) is 0 Å². The second-order valence-corrected chi connectivity index (χ2v) is 4.51. The van der Waals surface area contributed by atoms with Gasteiger partial charge < -0.3 is 10.6 Å². The highest BCUT2D eigenvalue weighted by Gasteiger charge is 2.33. The standard InChI is InChI=1S/C13H16N2O2/c1-8-9-5-3-4-6-11(9)15(2)12(16)7-10(8)13(14)17/h3-6,8,10H,7H2,1-2H3,(H2,14,17). The van der Waals surface area contributed by atoms with Crippen LogP contribution < -0.4 is 10.6 Å². The van der Waals surface area contributed by atoms with Crippen LogP contribution in [0.1, 0.15) is 24.8 Å². The van der Waals surface area contributed by atoms with Crippen molar-refractivity contribution in [2.75, 3.05) is 11.9 Å².